The van der Waals surface area contributed by atoms with Crippen LogP contribution >= 0.6 is 0 Å². The van der Waals surface area contributed by atoms with Gasteiger partial charge in [-0.25, -0.2) is 5.43 Å². The van der Waals surface area contributed by atoms with Crippen molar-refractivity contribution in [2.45, 2.75) is 140 Å². The Bertz CT molecular complexity index is 2710. The number of aliphatic hydroxyl groups excluding tert-OH is 1. The molecule has 0 spiro atoms. The minimum atomic E-state index is -1.18. The molecule has 0 unspecified atom stereocenters. The van der Waals surface area contributed by atoms with Crippen LogP contribution in [0.3, 0.4) is 0 Å². The van der Waals surface area contributed by atoms with Gasteiger partial charge in [0.1, 0.15) is 29.9 Å². The third-order valence-electron chi connectivity index (χ3n) is 15.6. The lowest BCUT2D eigenvalue weighted by Gasteiger charge is -2.37. The second-order valence-corrected chi connectivity index (χ2v) is 21.4. The first-order valence-electron chi connectivity index (χ1n) is 25.4. The van der Waals surface area contributed by atoms with Crippen LogP contribution in [0.5, 0.6) is 5.75 Å². The molecule has 380 valence electrons. The molecule has 2 saturated carbocycles. The molecular formula is C54H70N8O9. The molecule has 71 heavy (non-hydrogen) atoms. The third kappa shape index (κ3) is 10.2. The molecule has 17 heteroatoms. The Labute approximate surface area is 415 Å². The number of carbonyl (C=O) groups excluding carboxylic acids is 5. The smallest absolute Gasteiger partial charge is 0.324 e. The van der Waals surface area contributed by atoms with Crippen LogP contribution in [0.15, 0.2) is 54.7 Å². The first-order chi connectivity index (χ1) is 33.9. The summed E-state index contributed by atoms with van der Waals surface area (Å²) >= 11 is 0. The highest BCUT2D eigenvalue weighted by atomic mass is 16.5. The summed E-state index contributed by atoms with van der Waals surface area (Å²) in [5.74, 6) is -2.30. The van der Waals surface area contributed by atoms with Gasteiger partial charge in [0.2, 0.25) is 17.7 Å². The standard InChI is InChI=1S/C54H70N8O9/c1-8-61-42-18-17-34-27-38(42)39(47(61)37-15-11-21-55-44(37)31(2)63)28-53(3,4)30-71-52(69)40-16-12-22-62(58-40)50(67)41(25-32-23-35(34)26-36(64)24-32)56-49(66)46(33-13-9-10-14-33)60(6)43(65)29-59(5)51(68)45-48(57-45)54(70-7)19-20-54/h11,15,17-18,21,23-24,26-27,31,33,40-41,45-46,48,57-58,63-64H,8-10,12-14,16,19-20,22,25,28-30H2,1-7H3,(H,56,66)/t31-,40-,41-,45-,46-,48+/m0/s1. The van der Waals surface area contributed by atoms with Gasteiger partial charge in [-0.3, -0.25) is 39.3 Å². The number of pyridine rings is 1. The van der Waals surface area contributed by atoms with E-state index in [9.17, 15) is 34.2 Å². The van der Waals surface area contributed by atoms with Gasteiger partial charge >= 0.3 is 5.97 Å². The minimum absolute atomic E-state index is 0.0226. The van der Waals surface area contributed by atoms with Gasteiger partial charge in [0, 0.05) is 68.8 Å². The van der Waals surface area contributed by atoms with E-state index in [2.05, 4.69) is 44.7 Å². The molecule has 5 heterocycles. The van der Waals surface area contributed by atoms with E-state index in [0.29, 0.717) is 55.5 Å². The molecule has 2 aliphatic carbocycles. The van der Waals surface area contributed by atoms with Crippen LogP contribution in [-0.4, -0.2) is 141 Å². The van der Waals surface area contributed by atoms with Gasteiger partial charge in [-0.2, -0.15) is 0 Å². The first kappa shape index (κ1) is 50.1. The van der Waals surface area contributed by atoms with Crippen molar-refractivity contribution < 1.29 is 43.7 Å². The number of methoxy groups -OCH3 is 1. The van der Waals surface area contributed by atoms with Crippen molar-refractivity contribution >= 4 is 40.5 Å². The van der Waals surface area contributed by atoms with E-state index < -0.39 is 59.4 Å². The number of ether oxygens (including phenoxy) is 2. The molecule has 2 aromatic carbocycles. The highest BCUT2D eigenvalue weighted by Crippen LogP contribution is 2.48. The minimum Gasteiger partial charge on any atom is -0.508 e. The maximum absolute atomic E-state index is 14.9. The molecule has 0 radical (unpaired) electrons. The molecule has 9 rings (SSSR count). The molecule has 2 saturated heterocycles. The van der Waals surface area contributed by atoms with E-state index in [1.165, 1.54) is 14.8 Å². The molecule has 5 aliphatic rings. The molecule has 5 N–H and O–H groups in total. The maximum Gasteiger partial charge on any atom is 0.324 e. The van der Waals surface area contributed by atoms with Gasteiger partial charge in [-0.1, -0.05) is 38.8 Å². The van der Waals surface area contributed by atoms with Gasteiger partial charge in [-0.05, 0) is 123 Å². The Morgan fingerprint density at radius 1 is 1.03 bits per heavy atom. The molecule has 6 bridgehead atoms. The topological polar surface area (TPSA) is 218 Å². The zero-order valence-corrected chi connectivity index (χ0v) is 42.1. The van der Waals surface area contributed by atoms with Gasteiger partial charge in [0.05, 0.1) is 42.3 Å². The van der Waals surface area contributed by atoms with Gasteiger partial charge in [-0.15, -0.1) is 0 Å². The van der Waals surface area contributed by atoms with Crippen LogP contribution < -0.4 is 16.1 Å². The number of amides is 4. The number of aliphatic hydroxyl groups is 1. The van der Waals surface area contributed by atoms with Gasteiger partial charge in [0.25, 0.3) is 5.91 Å². The van der Waals surface area contributed by atoms with Crippen LogP contribution in [0.25, 0.3) is 33.3 Å². The Kier molecular flexibility index (Phi) is 14.1. The van der Waals surface area contributed by atoms with Crippen LogP contribution in [0.2, 0.25) is 0 Å². The van der Waals surface area contributed by atoms with Crippen LogP contribution in [0, 0.1) is 11.3 Å². The number of phenols is 1. The zero-order valence-electron chi connectivity index (χ0n) is 42.1. The quantitative estimate of drug-likeness (QED) is 0.0957. The lowest BCUT2D eigenvalue weighted by molar-refractivity contribution is -0.155. The Morgan fingerprint density at radius 3 is 2.49 bits per heavy atom. The number of esters is 1. The van der Waals surface area contributed by atoms with Crippen molar-refractivity contribution in [3.63, 3.8) is 0 Å². The number of carbonyl (C=O) groups is 5. The van der Waals surface area contributed by atoms with Crippen molar-refractivity contribution in [2.75, 3.05) is 40.9 Å². The van der Waals surface area contributed by atoms with Gasteiger partial charge < -0.3 is 39.4 Å². The normalized spacial score (nSPS) is 23.9. The van der Waals surface area contributed by atoms with Crippen LogP contribution in [0.4, 0.5) is 0 Å². The van der Waals surface area contributed by atoms with E-state index >= 15 is 0 Å². The molecular weight excluding hydrogens is 905 g/mol. The number of aromatic hydroxyl groups is 1. The van der Waals surface area contributed by atoms with Crippen molar-refractivity contribution in [1.29, 1.82) is 0 Å². The van der Waals surface area contributed by atoms with E-state index in [-0.39, 0.29) is 55.3 Å². The molecule has 4 aromatic rings. The maximum atomic E-state index is 14.9. The summed E-state index contributed by atoms with van der Waals surface area (Å²) in [5.41, 5.74) is 8.52. The molecule has 2 aromatic heterocycles. The Hall–Kier alpha value is -5.88. The fourth-order valence-electron chi connectivity index (χ4n) is 11.6. The first-order valence-corrected chi connectivity index (χ1v) is 25.4. The van der Waals surface area contributed by atoms with E-state index in [1.807, 2.05) is 38.1 Å². The number of aromatic nitrogens is 2. The summed E-state index contributed by atoms with van der Waals surface area (Å²) in [5, 5.41) is 31.0. The number of hydrogen-bond acceptors (Lipinski definition) is 12. The highest BCUT2D eigenvalue weighted by molar-refractivity contribution is 5.96. The van der Waals surface area contributed by atoms with E-state index in [1.54, 1.807) is 46.5 Å². The SMILES string of the molecule is CCn1c(-c2cccnc2[C@H](C)O)c2c3cc(ccc31)-c1cc(O)cc(c1)C[C@H](NC(=O)[C@H](C1CCCC1)N(C)C(=O)CN(C)C(=O)[C@H]1N[C@H]1C1(OC)CC1)C(=O)N1CCC[C@H](N1)C(=O)OCC(C)(C)C2. The van der Waals surface area contributed by atoms with E-state index in [4.69, 9.17) is 9.47 Å². The predicted octanol–water partition coefficient (Wildman–Crippen LogP) is 4.79. The number of nitrogens with zero attached hydrogens (tertiary/aromatic N) is 5. The summed E-state index contributed by atoms with van der Waals surface area (Å²) in [6, 6.07) is 11.7. The number of likely N-dealkylation sites (N-methyl/N-ethyl adjacent to an activating group) is 2. The number of cyclic esters (lactones) is 1. The largest absolute Gasteiger partial charge is 0.508 e. The average molecular weight is 975 g/mol. The second kappa shape index (κ2) is 20.0. The molecule has 17 nitrogen and oxygen atoms in total. The number of phenolic OH excluding ortho intramolecular Hbond substituents is 1. The van der Waals surface area contributed by atoms with Crippen LogP contribution in [-0.2, 0) is 52.8 Å². The van der Waals surface area contributed by atoms with E-state index in [0.717, 1.165) is 59.0 Å². The number of benzene rings is 2. The molecule has 4 fully saturated rings. The number of hydrazine groups is 1. The Morgan fingerprint density at radius 2 is 1.79 bits per heavy atom. The molecule has 6 atom stereocenters. The summed E-state index contributed by atoms with van der Waals surface area (Å²) < 4.78 is 14.0. The number of fused-ring (bicyclic) bond motifs is 6. The lowest BCUT2D eigenvalue weighted by Crippen LogP contribution is -2.62. The van der Waals surface area contributed by atoms with Crippen molar-refractivity contribution in [3.05, 3.63) is 71.5 Å². The lowest BCUT2D eigenvalue weighted by atomic mass is 9.84. The second-order valence-electron chi connectivity index (χ2n) is 21.4. The fourth-order valence-corrected chi connectivity index (χ4v) is 11.6. The van der Waals surface area contributed by atoms with Crippen molar-refractivity contribution in [3.8, 4) is 28.1 Å². The predicted molar refractivity (Wildman–Crippen MR) is 266 cm³/mol. The fraction of sp³-hybridized carbons (Fsp3) is 0.556. The molecule has 4 amide bonds. The summed E-state index contributed by atoms with van der Waals surface area (Å²) in [7, 11) is 4.83. The van der Waals surface area contributed by atoms with Crippen molar-refractivity contribution in [1.82, 2.24) is 40.4 Å². The third-order valence-corrected chi connectivity index (χ3v) is 15.6. The number of hydrogen-bond donors (Lipinski definition) is 5. The summed E-state index contributed by atoms with van der Waals surface area (Å²) in [6.07, 6.45) is 7.16. The number of nitrogens with one attached hydrogen (secondary N) is 3. The summed E-state index contributed by atoms with van der Waals surface area (Å²) in [6.45, 7) is 8.60. The monoisotopic (exact) mass is 975 g/mol. The van der Waals surface area contributed by atoms with Crippen molar-refractivity contribution in [2.24, 2.45) is 11.3 Å². The highest BCUT2D eigenvalue weighted by Gasteiger charge is 2.63. The summed E-state index contributed by atoms with van der Waals surface area (Å²) in [4.78, 5) is 78.8. The zero-order chi connectivity index (χ0) is 50.5. The Balaban J connectivity index is 1.06. The molecule has 3 aliphatic heterocycles. The number of aryl methyl sites for hydroxylation is 1. The van der Waals surface area contributed by atoms with Gasteiger partial charge in [0.15, 0.2) is 0 Å². The van der Waals surface area contributed by atoms with Crippen LogP contribution in [0.1, 0.15) is 102 Å². The average Bonchev–Trinajstić information content (AvgIpc) is 4.26. The number of rotatable bonds is 12.